The molecule has 2 rings (SSSR count). The summed E-state index contributed by atoms with van der Waals surface area (Å²) in [6.07, 6.45) is 0. The van der Waals surface area contributed by atoms with Gasteiger partial charge in [0.25, 0.3) is 10.0 Å². The Labute approximate surface area is 124 Å². The van der Waals surface area contributed by atoms with Crippen molar-refractivity contribution in [2.24, 2.45) is 0 Å². The number of furan rings is 1. The summed E-state index contributed by atoms with van der Waals surface area (Å²) in [4.78, 5) is 0. The third kappa shape index (κ3) is 3.72. The summed E-state index contributed by atoms with van der Waals surface area (Å²) >= 11 is 0. The molecular weight excluding hydrogens is 292 g/mol. The molecule has 0 aromatic carbocycles. The van der Waals surface area contributed by atoms with Gasteiger partial charge in [-0.1, -0.05) is 6.92 Å². The Morgan fingerprint density at radius 3 is 2.67 bits per heavy atom. The molecule has 116 valence electrons. The van der Waals surface area contributed by atoms with E-state index in [4.69, 9.17) is 4.42 Å². The minimum absolute atomic E-state index is 0.0317. The summed E-state index contributed by atoms with van der Waals surface area (Å²) in [7, 11) is -3.68. The van der Waals surface area contributed by atoms with E-state index < -0.39 is 10.0 Å². The van der Waals surface area contributed by atoms with Crippen LogP contribution in [0.2, 0.25) is 0 Å². The molecule has 0 saturated carbocycles. The summed E-state index contributed by atoms with van der Waals surface area (Å²) in [5.41, 5.74) is 1.39. The summed E-state index contributed by atoms with van der Waals surface area (Å²) in [5.74, 6) is 1.31. The standard InChI is InChI=1S/C13H20N4O3S/c1-4-14-8-12-10(3)16-17-13(12)21(18,19)15-7-11-6-5-9(2)20-11/h5-6,14-15H,4,7-8H2,1-3H3,(H,16,17). The zero-order chi connectivity index (χ0) is 15.5. The van der Waals surface area contributed by atoms with E-state index in [1.165, 1.54) is 0 Å². The number of aromatic nitrogens is 2. The molecule has 0 fully saturated rings. The van der Waals surface area contributed by atoms with Crippen LogP contribution < -0.4 is 10.0 Å². The van der Waals surface area contributed by atoms with Crippen LogP contribution in [0.15, 0.2) is 21.6 Å². The van der Waals surface area contributed by atoms with Gasteiger partial charge in [-0.2, -0.15) is 5.10 Å². The SMILES string of the molecule is CCNCc1c(S(=O)(=O)NCc2ccc(C)o2)n[nH]c1C. The predicted molar refractivity (Wildman–Crippen MR) is 78.2 cm³/mol. The average molecular weight is 312 g/mol. The molecule has 0 atom stereocenters. The molecule has 0 aliphatic rings. The first-order valence-electron chi connectivity index (χ1n) is 6.73. The monoisotopic (exact) mass is 312 g/mol. The number of rotatable bonds is 7. The van der Waals surface area contributed by atoms with Crippen LogP contribution in [0.4, 0.5) is 0 Å². The van der Waals surface area contributed by atoms with E-state index in [0.29, 0.717) is 17.9 Å². The molecule has 2 heterocycles. The van der Waals surface area contributed by atoms with Crippen molar-refractivity contribution in [3.8, 4) is 0 Å². The number of sulfonamides is 1. The lowest BCUT2D eigenvalue weighted by Gasteiger charge is -2.06. The lowest BCUT2D eigenvalue weighted by molar-refractivity contribution is 0.475. The van der Waals surface area contributed by atoms with Crippen molar-refractivity contribution >= 4 is 10.0 Å². The Bertz CT molecular complexity index is 703. The molecular formula is C13H20N4O3S. The summed E-state index contributed by atoms with van der Waals surface area (Å²) in [6.45, 7) is 6.88. The van der Waals surface area contributed by atoms with Crippen molar-refractivity contribution in [3.05, 3.63) is 34.9 Å². The Morgan fingerprint density at radius 1 is 1.29 bits per heavy atom. The molecule has 2 aromatic heterocycles. The van der Waals surface area contributed by atoms with Crippen LogP contribution in [-0.4, -0.2) is 25.2 Å². The van der Waals surface area contributed by atoms with Gasteiger partial charge in [0, 0.05) is 17.8 Å². The lowest BCUT2D eigenvalue weighted by Crippen LogP contribution is -2.25. The zero-order valence-electron chi connectivity index (χ0n) is 12.4. The predicted octanol–water partition coefficient (Wildman–Crippen LogP) is 1.21. The Hall–Kier alpha value is -1.64. The van der Waals surface area contributed by atoms with Gasteiger partial charge in [-0.05, 0) is 32.5 Å². The smallest absolute Gasteiger partial charge is 0.260 e. The number of nitrogens with one attached hydrogen (secondary N) is 3. The fraction of sp³-hybridized carbons (Fsp3) is 0.462. The first kappa shape index (κ1) is 15.7. The zero-order valence-corrected chi connectivity index (χ0v) is 13.2. The van der Waals surface area contributed by atoms with Crippen LogP contribution in [-0.2, 0) is 23.1 Å². The summed E-state index contributed by atoms with van der Waals surface area (Å²) in [6, 6.07) is 3.53. The number of hydrogen-bond acceptors (Lipinski definition) is 5. The van der Waals surface area contributed by atoms with Crippen LogP contribution >= 0.6 is 0 Å². The van der Waals surface area contributed by atoms with Crippen LogP contribution in [0.5, 0.6) is 0 Å². The van der Waals surface area contributed by atoms with Crippen molar-refractivity contribution in [1.82, 2.24) is 20.2 Å². The Balaban J connectivity index is 2.15. The van der Waals surface area contributed by atoms with Gasteiger partial charge in [0.1, 0.15) is 11.5 Å². The Morgan fingerprint density at radius 2 is 2.05 bits per heavy atom. The van der Waals surface area contributed by atoms with Gasteiger partial charge < -0.3 is 9.73 Å². The quantitative estimate of drug-likeness (QED) is 0.713. The molecule has 2 aromatic rings. The highest BCUT2D eigenvalue weighted by Crippen LogP contribution is 2.16. The molecule has 3 N–H and O–H groups in total. The van der Waals surface area contributed by atoms with Crippen LogP contribution in [0.1, 0.15) is 29.7 Å². The molecule has 8 heteroatoms. The fourth-order valence-electron chi connectivity index (χ4n) is 1.93. The maximum atomic E-state index is 12.3. The van der Waals surface area contributed by atoms with Crippen molar-refractivity contribution in [1.29, 1.82) is 0 Å². The fourth-order valence-corrected chi connectivity index (χ4v) is 3.11. The van der Waals surface area contributed by atoms with Gasteiger partial charge in [-0.3, -0.25) is 5.10 Å². The van der Waals surface area contributed by atoms with Gasteiger partial charge in [0.15, 0.2) is 5.03 Å². The number of hydrogen-bond donors (Lipinski definition) is 3. The summed E-state index contributed by atoms with van der Waals surface area (Å²) < 4.78 is 32.5. The molecule has 0 saturated heterocycles. The third-order valence-electron chi connectivity index (χ3n) is 3.07. The molecule has 0 radical (unpaired) electrons. The molecule has 0 aliphatic carbocycles. The first-order valence-corrected chi connectivity index (χ1v) is 8.22. The van der Waals surface area contributed by atoms with E-state index in [1.54, 1.807) is 19.1 Å². The molecule has 0 bridgehead atoms. The number of H-pyrrole nitrogens is 1. The van der Waals surface area contributed by atoms with Crippen molar-refractivity contribution < 1.29 is 12.8 Å². The van der Waals surface area contributed by atoms with Gasteiger partial charge in [-0.25, -0.2) is 13.1 Å². The van der Waals surface area contributed by atoms with Gasteiger partial charge in [0.2, 0.25) is 0 Å². The molecule has 0 spiro atoms. The minimum Gasteiger partial charge on any atom is -0.465 e. The molecule has 21 heavy (non-hydrogen) atoms. The number of aromatic amines is 1. The summed E-state index contributed by atoms with van der Waals surface area (Å²) in [5, 5.41) is 9.78. The highest BCUT2D eigenvalue weighted by molar-refractivity contribution is 7.89. The van der Waals surface area contributed by atoms with Crippen LogP contribution in [0, 0.1) is 13.8 Å². The highest BCUT2D eigenvalue weighted by atomic mass is 32.2. The van der Waals surface area contributed by atoms with Crippen molar-refractivity contribution in [2.75, 3.05) is 6.54 Å². The van der Waals surface area contributed by atoms with E-state index in [2.05, 4.69) is 20.2 Å². The largest absolute Gasteiger partial charge is 0.465 e. The number of aryl methyl sites for hydroxylation is 2. The second-order valence-corrected chi connectivity index (χ2v) is 6.43. The van der Waals surface area contributed by atoms with Gasteiger partial charge in [0.05, 0.1) is 6.54 Å². The molecule has 0 unspecified atom stereocenters. The van der Waals surface area contributed by atoms with E-state index in [0.717, 1.165) is 18.0 Å². The van der Waals surface area contributed by atoms with Crippen LogP contribution in [0.3, 0.4) is 0 Å². The lowest BCUT2D eigenvalue weighted by atomic mass is 10.2. The van der Waals surface area contributed by atoms with Crippen molar-refractivity contribution in [2.45, 2.75) is 38.9 Å². The molecule has 0 amide bonds. The van der Waals surface area contributed by atoms with E-state index >= 15 is 0 Å². The topological polar surface area (TPSA) is 100 Å². The maximum absolute atomic E-state index is 12.3. The van der Waals surface area contributed by atoms with E-state index in [-0.39, 0.29) is 11.6 Å². The van der Waals surface area contributed by atoms with E-state index in [9.17, 15) is 8.42 Å². The van der Waals surface area contributed by atoms with Crippen LogP contribution in [0.25, 0.3) is 0 Å². The molecule has 7 nitrogen and oxygen atoms in total. The van der Waals surface area contributed by atoms with E-state index in [1.807, 2.05) is 13.8 Å². The maximum Gasteiger partial charge on any atom is 0.260 e. The highest BCUT2D eigenvalue weighted by Gasteiger charge is 2.23. The van der Waals surface area contributed by atoms with Gasteiger partial charge in [-0.15, -0.1) is 0 Å². The molecule has 0 aliphatic heterocycles. The van der Waals surface area contributed by atoms with Crippen molar-refractivity contribution in [3.63, 3.8) is 0 Å². The average Bonchev–Trinajstić information content (AvgIpc) is 3.01. The second kappa shape index (κ2) is 6.42. The third-order valence-corrected chi connectivity index (χ3v) is 4.45. The second-order valence-electron chi connectivity index (χ2n) is 4.75. The minimum atomic E-state index is -3.68. The Kier molecular flexibility index (Phi) is 4.81. The normalized spacial score (nSPS) is 12.0. The number of nitrogens with zero attached hydrogens (tertiary/aromatic N) is 1. The van der Waals surface area contributed by atoms with Gasteiger partial charge >= 0.3 is 0 Å². The first-order chi connectivity index (χ1) is 9.94.